The Balaban J connectivity index is 1.97. The third kappa shape index (κ3) is 6.81. The summed E-state index contributed by atoms with van der Waals surface area (Å²) in [7, 11) is 0. The summed E-state index contributed by atoms with van der Waals surface area (Å²) < 4.78 is 5.60. The Morgan fingerprint density at radius 1 is 1.29 bits per heavy atom. The first-order chi connectivity index (χ1) is 7.99. The van der Waals surface area contributed by atoms with E-state index in [1.807, 2.05) is 11.3 Å². The van der Waals surface area contributed by atoms with Crippen LogP contribution in [-0.4, -0.2) is 19.8 Å². The molecule has 1 rings (SSSR count). The van der Waals surface area contributed by atoms with Crippen molar-refractivity contribution in [3.63, 3.8) is 0 Å². The Bertz CT molecular complexity index is 314. The van der Waals surface area contributed by atoms with Crippen LogP contribution in [0.15, 0.2) is 11.4 Å². The Morgan fingerprint density at radius 3 is 2.65 bits per heavy atom. The third-order valence-corrected chi connectivity index (χ3v) is 3.70. The van der Waals surface area contributed by atoms with Gasteiger partial charge in [-0.1, -0.05) is 20.8 Å². The standard InChI is InChI=1S/C14H25NOS/c1-12-5-10-17-13(12)11-15-7-9-16-8-6-14(2,3)4/h5,10,15H,6-9,11H2,1-4H3. The Morgan fingerprint density at radius 2 is 2.06 bits per heavy atom. The molecule has 17 heavy (non-hydrogen) atoms. The molecule has 0 aromatic carbocycles. The molecule has 0 fully saturated rings. The quantitative estimate of drug-likeness (QED) is 0.752. The molecule has 1 N–H and O–H groups in total. The second-order valence-corrected chi connectivity index (χ2v) is 6.63. The van der Waals surface area contributed by atoms with Gasteiger partial charge in [0.05, 0.1) is 6.61 Å². The minimum atomic E-state index is 0.376. The summed E-state index contributed by atoms with van der Waals surface area (Å²) in [5.74, 6) is 0. The van der Waals surface area contributed by atoms with Crippen molar-refractivity contribution in [1.29, 1.82) is 0 Å². The van der Waals surface area contributed by atoms with Gasteiger partial charge < -0.3 is 10.1 Å². The van der Waals surface area contributed by atoms with Crippen LogP contribution >= 0.6 is 11.3 Å². The first-order valence-electron chi connectivity index (χ1n) is 6.30. The molecule has 2 nitrogen and oxygen atoms in total. The molecule has 0 saturated carbocycles. The van der Waals surface area contributed by atoms with Gasteiger partial charge in [-0.05, 0) is 35.8 Å². The number of thiophene rings is 1. The molecule has 0 bridgehead atoms. The third-order valence-electron chi connectivity index (χ3n) is 2.67. The Labute approximate surface area is 109 Å². The predicted molar refractivity (Wildman–Crippen MR) is 75.7 cm³/mol. The number of ether oxygens (including phenoxy) is 1. The molecule has 0 aliphatic carbocycles. The van der Waals surface area contributed by atoms with Gasteiger partial charge in [0.2, 0.25) is 0 Å². The van der Waals surface area contributed by atoms with E-state index in [0.29, 0.717) is 5.41 Å². The van der Waals surface area contributed by atoms with Gasteiger partial charge in [0.25, 0.3) is 0 Å². The summed E-state index contributed by atoms with van der Waals surface area (Å²) in [5.41, 5.74) is 1.76. The van der Waals surface area contributed by atoms with E-state index < -0.39 is 0 Å². The molecule has 0 amide bonds. The molecule has 1 aromatic heterocycles. The molecule has 0 atom stereocenters. The number of nitrogens with one attached hydrogen (secondary N) is 1. The van der Waals surface area contributed by atoms with Gasteiger partial charge in [-0.15, -0.1) is 11.3 Å². The minimum Gasteiger partial charge on any atom is -0.380 e. The largest absolute Gasteiger partial charge is 0.380 e. The zero-order chi connectivity index (χ0) is 12.7. The summed E-state index contributed by atoms with van der Waals surface area (Å²) in [6.07, 6.45) is 1.12. The van der Waals surface area contributed by atoms with E-state index in [4.69, 9.17) is 4.74 Å². The molecular weight excluding hydrogens is 230 g/mol. The SMILES string of the molecule is Cc1ccsc1CNCCOCCC(C)(C)C. The van der Waals surface area contributed by atoms with Crippen LogP contribution in [0.2, 0.25) is 0 Å². The molecular formula is C14H25NOS. The summed E-state index contributed by atoms with van der Waals surface area (Å²) >= 11 is 1.82. The fourth-order valence-corrected chi connectivity index (χ4v) is 2.29. The normalized spacial score (nSPS) is 12.0. The van der Waals surface area contributed by atoms with Crippen molar-refractivity contribution in [3.8, 4) is 0 Å². The van der Waals surface area contributed by atoms with Crippen molar-refractivity contribution in [2.45, 2.75) is 40.7 Å². The fraction of sp³-hybridized carbons (Fsp3) is 0.714. The van der Waals surface area contributed by atoms with E-state index >= 15 is 0 Å². The molecule has 0 radical (unpaired) electrons. The minimum absolute atomic E-state index is 0.376. The van der Waals surface area contributed by atoms with Crippen molar-refractivity contribution in [1.82, 2.24) is 5.32 Å². The van der Waals surface area contributed by atoms with Crippen molar-refractivity contribution in [2.24, 2.45) is 5.41 Å². The molecule has 98 valence electrons. The van der Waals surface area contributed by atoms with E-state index in [-0.39, 0.29) is 0 Å². The smallest absolute Gasteiger partial charge is 0.0591 e. The molecule has 3 heteroatoms. The van der Waals surface area contributed by atoms with Gasteiger partial charge >= 0.3 is 0 Å². The molecule has 0 unspecified atom stereocenters. The maximum Gasteiger partial charge on any atom is 0.0591 e. The first kappa shape index (κ1) is 14.7. The summed E-state index contributed by atoms with van der Waals surface area (Å²) in [5, 5.41) is 5.56. The summed E-state index contributed by atoms with van der Waals surface area (Å²) in [6.45, 7) is 12.5. The number of aryl methyl sites for hydroxylation is 1. The molecule has 0 saturated heterocycles. The van der Waals surface area contributed by atoms with E-state index in [1.165, 1.54) is 10.4 Å². The van der Waals surface area contributed by atoms with Crippen molar-refractivity contribution >= 4 is 11.3 Å². The van der Waals surface area contributed by atoms with Crippen LogP contribution in [0.1, 0.15) is 37.6 Å². The molecule has 0 aliphatic heterocycles. The van der Waals surface area contributed by atoms with Crippen LogP contribution in [0.5, 0.6) is 0 Å². The monoisotopic (exact) mass is 255 g/mol. The highest BCUT2D eigenvalue weighted by molar-refractivity contribution is 7.10. The van der Waals surface area contributed by atoms with Gasteiger partial charge in [0.1, 0.15) is 0 Å². The number of hydrogen-bond donors (Lipinski definition) is 1. The number of rotatable bonds is 7. The molecule has 0 spiro atoms. The van der Waals surface area contributed by atoms with Gasteiger partial charge in [-0.3, -0.25) is 0 Å². The van der Waals surface area contributed by atoms with Crippen LogP contribution in [-0.2, 0) is 11.3 Å². The zero-order valence-electron chi connectivity index (χ0n) is 11.5. The lowest BCUT2D eigenvalue weighted by Crippen LogP contribution is -2.20. The van der Waals surface area contributed by atoms with Gasteiger partial charge in [-0.2, -0.15) is 0 Å². The second kappa shape index (κ2) is 7.14. The van der Waals surface area contributed by atoms with Crippen molar-refractivity contribution < 1.29 is 4.74 Å². The van der Waals surface area contributed by atoms with Crippen LogP contribution in [0.3, 0.4) is 0 Å². The zero-order valence-corrected chi connectivity index (χ0v) is 12.3. The van der Waals surface area contributed by atoms with Gasteiger partial charge in [0, 0.05) is 24.6 Å². The Kier molecular flexibility index (Phi) is 6.17. The van der Waals surface area contributed by atoms with E-state index in [9.17, 15) is 0 Å². The van der Waals surface area contributed by atoms with Crippen LogP contribution in [0.25, 0.3) is 0 Å². The fourth-order valence-electron chi connectivity index (χ4n) is 1.41. The lowest BCUT2D eigenvalue weighted by atomic mass is 9.93. The number of hydrogen-bond acceptors (Lipinski definition) is 3. The summed E-state index contributed by atoms with van der Waals surface area (Å²) in [6, 6.07) is 2.17. The molecule has 1 heterocycles. The average molecular weight is 255 g/mol. The maximum absolute atomic E-state index is 5.60. The highest BCUT2D eigenvalue weighted by atomic mass is 32.1. The Hall–Kier alpha value is -0.380. The first-order valence-corrected chi connectivity index (χ1v) is 7.18. The van der Waals surface area contributed by atoms with Crippen LogP contribution in [0.4, 0.5) is 0 Å². The van der Waals surface area contributed by atoms with E-state index in [1.54, 1.807) is 0 Å². The van der Waals surface area contributed by atoms with E-state index in [2.05, 4.69) is 44.5 Å². The van der Waals surface area contributed by atoms with E-state index in [0.717, 1.165) is 32.7 Å². The van der Waals surface area contributed by atoms with Gasteiger partial charge in [0.15, 0.2) is 0 Å². The lowest BCUT2D eigenvalue weighted by molar-refractivity contribution is 0.110. The lowest BCUT2D eigenvalue weighted by Gasteiger charge is -2.17. The predicted octanol–water partition coefficient (Wildman–Crippen LogP) is 3.60. The van der Waals surface area contributed by atoms with Crippen molar-refractivity contribution in [2.75, 3.05) is 19.8 Å². The summed E-state index contributed by atoms with van der Waals surface area (Å²) in [4.78, 5) is 1.43. The van der Waals surface area contributed by atoms with Gasteiger partial charge in [-0.25, -0.2) is 0 Å². The highest BCUT2D eigenvalue weighted by Gasteiger charge is 2.08. The molecule has 0 aliphatic rings. The maximum atomic E-state index is 5.60. The van der Waals surface area contributed by atoms with Crippen LogP contribution < -0.4 is 5.32 Å². The van der Waals surface area contributed by atoms with Crippen LogP contribution in [0, 0.1) is 12.3 Å². The average Bonchev–Trinajstić information content (AvgIpc) is 2.61. The highest BCUT2D eigenvalue weighted by Crippen LogP contribution is 2.17. The second-order valence-electron chi connectivity index (χ2n) is 5.63. The molecule has 1 aromatic rings. The topological polar surface area (TPSA) is 21.3 Å². The van der Waals surface area contributed by atoms with Crippen molar-refractivity contribution in [3.05, 3.63) is 21.9 Å².